The molecule has 31 heavy (non-hydrogen) atoms. The van der Waals surface area contributed by atoms with Crippen molar-refractivity contribution in [2.24, 2.45) is 0 Å². The van der Waals surface area contributed by atoms with Crippen molar-refractivity contribution in [3.63, 3.8) is 0 Å². The topological polar surface area (TPSA) is 101 Å². The Morgan fingerprint density at radius 2 is 1.94 bits per heavy atom. The molecule has 2 heterocycles. The average Bonchev–Trinajstić information content (AvgIpc) is 3.16. The van der Waals surface area contributed by atoms with Crippen LogP contribution in [0, 0.1) is 4.77 Å². The van der Waals surface area contributed by atoms with Crippen molar-refractivity contribution >= 4 is 24.0 Å². The van der Waals surface area contributed by atoms with Crippen molar-refractivity contribution < 1.29 is 19.1 Å². The molecule has 9 nitrogen and oxygen atoms in total. The van der Waals surface area contributed by atoms with E-state index < -0.39 is 0 Å². The molecular weight excluding hydrogens is 418 g/mol. The lowest BCUT2D eigenvalue weighted by Crippen LogP contribution is -2.38. The first-order valence-electron chi connectivity index (χ1n) is 10.6. The van der Waals surface area contributed by atoms with Crippen LogP contribution in [0.1, 0.15) is 49.3 Å². The van der Waals surface area contributed by atoms with Gasteiger partial charge < -0.3 is 24.3 Å². The number of hydrogen-bond donors (Lipinski definition) is 2. The highest BCUT2D eigenvalue weighted by Crippen LogP contribution is 2.28. The van der Waals surface area contributed by atoms with E-state index in [0.29, 0.717) is 40.8 Å². The second kappa shape index (κ2) is 10.9. The normalized spacial score (nSPS) is 13.7. The highest BCUT2D eigenvalue weighted by atomic mass is 32.1. The van der Waals surface area contributed by atoms with E-state index in [4.69, 9.17) is 21.7 Å². The van der Waals surface area contributed by atoms with Gasteiger partial charge in [-0.1, -0.05) is 0 Å². The van der Waals surface area contributed by atoms with Gasteiger partial charge in [-0.25, -0.2) is 0 Å². The first-order valence-corrected chi connectivity index (χ1v) is 11.0. The summed E-state index contributed by atoms with van der Waals surface area (Å²) in [5.41, 5.74) is 0.426. The van der Waals surface area contributed by atoms with Crippen LogP contribution in [-0.2, 0) is 17.9 Å². The maximum absolute atomic E-state index is 12.6. The smallest absolute Gasteiger partial charge is 0.260 e. The molecule has 3 rings (SSSR count). The van der Waals surface area contributed by atoms with Crippen molar-refractivity contribution in [2.45, 2.75) is 46.2 Å². The summed E-state index contributed by atoms with van der Waals surface area (Å²) in [5.74, 6) is 1.22. The molecule has 0 atom stereocenters. The number of likely N-dealkylation sites (tertiary alicyclic amines) is 1. The van der Waals surface area contributed by atoms with Crippen LogP contribution in [0.5, 0.6) is 11.5 Å². The second-order valence-electron chi connectivity index (χ2n) is 7.20. The SMILES string of the molecule is CCOc1cc(C(=O)NCc2n[nH]c(=S)n2CC)ccc1OCC(=O)N1CCCCC1. The fraction of sp³-hybridized carbons (Fsp3) is 0.524. The first kappa shape index (κ1) is 22.8. The van der Waals surface area contributed by atoms with Crippen LogP contribution in [0.15, 0.2) is 18.2 Å². The molecule has 168 valence electrons. The number of nitrogens with zero attached hydrogens (tertiary/aromatic N) is 3. The Hall–Kier alpha value is -2.88. The van der Waals surface area contributed by atoms with Crippen molar-refractivity contribution in [1.82, 2.24) is 25.0 Å². The number of piperidine rings is 1. The van der Waals surface area contributed by atoms with E-state index in [1.807, 2.05) is 23.3 Å². The number of rotatable bonds is 9. The predicted octanol–water partition coefficient (Wildman–Crippen LogP) is 2.68. The molecule has 10 heteroatoms. The van der Waals surface area contributed by atoms with E-state index in [1.165, 1.54) is 0 Å². The minimum atomic E-state index is -0.270. The Balaban J connectivity index is 1.63. The monoisotopic (exact) mass is 447 g/mol. The summed E-state index contributed by atoms with van der Waals surface area (Å²) in [5, 5.41) is 9.71. The lowest BCUT2D eigenvalue weighted by Gasteiger charge is -2.26. The number of aromatic nitrogens is 3. The molecule has 0 spiro atoms. The van der Waals surface area contributed by atoms with Gasteiger partial charge in [0, 0.05) is 25.2 Å². The fourth-order valence-electron chi connectivity index (χ4n) is 3.48. The van der Waals surface area contributed by atoms with E-state index >= 15 is 0 Å². The van der Waals surface area contributed by atoms with Gasteiger partial charge in [-0.2, -0.15) is 5.10 Å². The summed E-state index contributed by atoms with van der Waals surface area (Å²) in [6, 6.07) is 4.93. The van der Waals surface area contributed by atoms with Crippen LogP contribution in [0.25, 0.3) is 0 Å². The van der Waals surface area contributed by atoms with Gasteiger partial charge in [0.15, 0.2) is 28.7 Å². The van der Waals surface area contributed by atoms with Gasteiger partial charge in [-0.15, -0.1) is 0 Å². The van der Waals surface area contributed by atoms with Crippen LogP contribution in [0.2, 0.25) is 0 Å². The standard InChI is InChI=1S/C21H29N5O4S/c1-3-26-18(23-24-21(26)31)13-22-20(28)15-8-9-16(17(12-15)29-4-2)30-14-19(27)25-10-6-5-7-11-25/h8-9,12H,3-7,10-11,13-14H2,1-2H3,(H,22,28)(H,24,31). The van der Waals surface area contributed by atoms with Gasteiger partial charge in [-0.3, -0.25) is 14.7 Å². The predicted molar refractivity (Wildman–Crippen MR) is 118 cm³/mol. The van der Waals surface area contributed by atoms with Gasteiger partial charge in [0.05, 0.1) is 13.2 Å². The van der Waals surface area contributed by atoms with Crippen LogP contribution < -0.4 is 14.8 Å². The van der Waals surface area contributed by atoms with Crippen molar-refractivity contribution in [2.75, 3.05) is 26.3 Å². The Morgan fingerprint density at radius 1 is 1.16 bits per heavy atom. The van der Waals surface area contributed by atoms with Gasteiger partial charge in [-0.05, 0) is 63.5 Å². The zero-order valence-corrected chi connectivity index (χ0v) is 18.8. The van der Waals surface area contributed by atoms with Crippen molar-refractivity contribution in [1.29, 1.82) is 0 Å². The van der Waals surface area contributed by atoms with Crippen LogP contribution >= 0.6 is 12.2 Å². The number of carbonyl (C=O) groups is 2. The van der Waals surface area contributed by atoms with Crippen molar-refractivity contribution in [3.05, 3.63) is 34.4 Å². The Kier molecular flexibility index (Phi) is 8.05. The van der Waals surface area contributed by atoms with E-state index in [1.54, 1.807) is 18.2 Å². The highest BCUT2D eigenvalue weighted by molar-refractivity contribution is 7.71. The average molecular weight is 448 g/mol. The number of amides is 2. The summed E-state index contributed by atoms with van der Waals surface area (Å²) >= 11 is 5.17. The summed E-state index contributed by atoms with van der Waals surface area (Å²) in [4.78, 5) is 26.8. The molecule has 0 aliphatic carbocycles. The summed E-state index contributed by atoms with van der Waals surface area (Å²) in [6.07, 6.45) is 3.23. The van der Waals surface area contributed by atoms with E-state index in [0.717, 1.165) is 32.4 Å². The molecule has 0 bridgehead atoms. The van der Waals surface area contributed by atoms with E-state index in [-0.39, 0.29) is 25.0 Å². The molecular formula is C21H29N5O4S. The third-order valence-electron chi connectivity index (χ3n) is 5.13. The Bertz CT molecular complexity index is 965. The zero-order chi connectivity index (χ0) is 22.2. The quantitative estimate of drug-likeness (QED) is 0.573. The molecule has 2 N–H and O–H groups in total. The summed E-state index contributed by atoms with van der Waals surface area (Å²) in [6.45, 7) is 6.63. The number of hydrogen-bond acceptors (Lipinski definition) is 6. The number of H-pyrrole nitrogens is 1. The molecule has 1 aromatic heterocycles. The largest absolute Gasteiger partial charge is 0.490 e. The number of nitrogens with one attached hydrogen (secondary N) is 2. The molecule has 1 aliphatic heterocycles. The van der Waals surface area contributed by atoms with Gasteiger partial charge >= 0.3 is 0 Å². The maximum atomic E-state index is 12.6. The lowest BCUT2D eigenvalue weighted by molar-refractivity contribution is -0.134. The van der Waals surface area contributed by atoms with Crippen molar-refractivity contribution in [3.8, 4) is 11.5 Å². The molecule has 2 amide bonds. The fourth-order valence-corrected chi connectivity index (χ4v) is 3.76. The minimum Gasteiger partial charge on any atom is -0.490 e. The molecule has 1 aromatic carbocycles. The van der Waals surface area contributed by atoms with Crippen LogP contribution in [0.3, 0.4) is 0 Å². The van der Waals surface area contributed by atoms with Crippen LogP contribution in [0.4, 0.5) is 0 Å². The Morgan fingerprint density at radius 3 is 2.65 bits per heavy atom. The van der Waals surface area contributed by atoms with E-state index in [9.17, 15) is 9.59 Å². The van der Waals surface area contributed by atoms with Gasteiger partial charge in [0.2, 0.25) is 0 Å². The molecule has 2 aromatic rings. The molecule has 1 aliphatic rings. The molecule has 1 saturated heterocycles. The number of carbonyl (C=O) groups excluding carboxylic acids is 2. The first-order chi connectivity index (χ1) is 15.0. The molecule has 0 saturated carbocycles. The number of benzene rings is 1. The zero-order valence-electron chi connectivity index (χ0n) is 18.0. The van der Waals surface area contributed by atoms with Crippen LogP contribution in [-0.4, -0.2) is 57.8 Å². The maximum Gasteiger partial charge on any atom is 0.260 e. The minimum absolute atomic E-state index is 0.0340. The van der Waals surface area contributed by atoms with Gasteiger partial charge in [0.25, 0.3) is 11.8 Å². The van der Waals surface area contributed by atoms with Gasteiger partial charge in [0.1, 0.15) is 0 Å². The third kappa shape index (κ3) is 5.84. The third-order valence-corrected chi connectivity index (χ3v) is 5.44. The highest BCUT2D eigenvalue weighted by Gasteiger charge is 2.18. The summed E-state index contributed by atoms with van der Waals surface area (Å²) in [7, 11) is 0. The molecule has 0 unspecified atom stereocenters. The van der Waals surface area contributed by atoms with E-state index in [2.05, 4.69) is 15.5 Å². The molecule has 0 radical (unpaired) electrons. The number of ether oxygens (including phenoxy) is 2. The molecule has 1 fully saturated rings. The second-order valence-corrected chi connectivity index (χ2v) is 7.58. The lowest BCUT2D eigenvalue weighted by atomic mass is 10.1. The summed E-state index contributed by atoms with van der Waals surface area (Å²) < 4.78 is 13.7. The Labute approximate surface area is 186 Å². The number of aromatic amines is 1.